The van der Waals surface area contributed by atoms with E-state index in [2.05, 4.69) is 0 Å². The maximum atomic E-state index is 11.6. The molecule has 1 saturated carbocycles. The summed E-state index contributed by atoms with van der Waals surface area (Å²) in [6.45, 7) is 1.18. The molecule has 1 N–H and O–H groups in total. The Morgan fingerprint density at radius 3 is 2.75 bits per heavy atom. The lowest BCUT2D eigenvalue weighted by Crippen LogP contribution is -2.27. The Labute approximate surface area is 96.9 Å². The highest BCUT2D eigenvalue weighted by molar-refractivity contribution is 5.72. The van der Waals surface area contributed by atoms with E-state index in [1.807, 2.05) is 0 Å². The van der Waals surface area contributed by atoms with Crippen molar-refractivity contribution < 1.29 is 19.4 Å². The van der Waals surface area contributed by atoms with Gasteiger partial charge in [-0.3, -0.25) is 4.79 Å². The number of carbonyl (C=O) groups excluding carboxylic acids is 1. The molecule has 0 aliphatic heterocycles. The van der Waals surface area contributed by atoms with Crippen LogP contribution in [0.1, 0.15) is 38.5 Å². The number of ether oxygens (including phenoxy) is 2. The molecule has 0 radical (unpaired) electrons. The molecule has 0 aromatic carbocycles. The highest BCUT2D eigenvalue weighted by Gasteiger charge is 2.26. The Bertz CT molecular complexity index is 205. The number of aliphatic hydroxyl groups excluding tert-OH is 1. The van der Waals surface area contributed by atoms with Gasteiger partial charge in [-0.25, -0.2) is 0 Å². The highest BCUT2D eigenvalue weighted by Crippen LogP contribution is 2.25. The van der Waals surface area contributed by atoms with Crippen molar-refractivity contribution in [1.29, 1.82) is 0 Å². The number of hydrogen-bond acceptors (Lipinski definition) is 4. The zero-order valence-electron chi connectivity index (χ0n) is 9.98. The molecule has 2 atom stereocenters. The molecule has 4 heteroatoms. The summed E-state index contributed by atoms with van der Waals surface area (Å²) >= 11 is 0. The highest BCUT2D eigenvalue weighted by atomic mass is 16.5. The van der Waals surface area contributed by atoms with E-state index < -0.39 is 0 Å². The molecule has 0 aromatic rings. The van der Waals surface area contributed by atoms with Crippen LogP contribution in [0.25, 0.3) is 0 Å². The molecule has 0 saturated heterocycles. The lowest BCUT2D eigenvalue weighted by Gasteiger charge is -2.24. The number of carbonyl (C=O) groups is 1. The predicted molar refractivity (Wildman–Crippen MR) is 60.0 cm³/mol. The Balaban J connectivity index is 2.09. The molecule has 1 aliphatic carbocycles. The summed E-state index contributed by atoms with van der Waals surface area (Å²) in [4.78, 5) is 11.6. The second-order valence-corrected chi connectivity index (χ2v) is 4.38. The van der Waals surface area contributed by atoms with Gasteiger partial charge in [0.25, 0.3) is 0 Å². The minimum absolute atomic E-state index is 0.0915. The van der Waals surface area contributed by atoms with E-state index >= 15 is 0 Å². The molecule has 1 rings (SSSR count). The van der Waals surface area contributed by atoms with Gasteiger partial charge in [-0.05, 0) is 32.1 Å². The van der Waals surface area contributed by atoms with Gasteiger partial charge < -0.3 is 14.6 Å². The van der Waals surface area contributed by atoms with E-state index in [1.54, 1.807) is 7.11 Å². The van der Waals surface area contributed by atoms with E-state index in [-0.39, 0.29) is 18.0 Å². The molecule has 4 nitrogen and oxygen atoms in total. The first-order valence-electron chi connectivity index (χ1n) is 6.07. The number of esters is 1. The molecular formula is C12H22O4. The van der Waals surface area contributed by atoms with Crippen molar-refractivity contribution in [2.45, 2.75) is 44.6 Å². The molecule has 0 aromatic heterocycles. The topological polar surface area (TPSA) is 55.8 Å². The van der Waals surface area contributed by atoms with Crippen molar-refractivity contribution in [3.05, 3.63) is 0 Å². The van der Waals surface area contributed by atoms with Crippen LogP contribution in [0.5, 0.6) is 0 Å². The van der Waals surface area contributed by atoms with E-state index in [4.69, 9.17) is 9.47 Å². The van der Waals surface area contributed by atoms with Gasteiger partial charge in [-0.1, -0.05) is 6.42 Å². The first-order valence-corrected chi connectivity index (χ1v) is 6.07. The fraction of sp³-hybridized carbons (Fsp3) is 0.917. The number of unbranched alkanes of at least 4 members (excludes halogenated alkanes) is 1. The lowest BCUT2D eigenvalue weighted by atomic mass is 9.87. The summed E-state index contributed by atoms with van der Waals surface area (Å²) in [5, 5.41) is 9.45. The van der Waals surface area contributed by atoms with Crippen LogP contribution in [0, 0.1) is 5.92 Å². The second-order valence-electron chi connectivity index (χ2n) is 4.38. The SMILES string of the molecule is COCCCCOC(=O)C1CCCC(O)C1. The van der Waals surface area contributed by atoms with Crippen LogP contribution in [-0.4, -0.2) is 37.5 Å². The number of aliphatic hydroxyl groups is 1. The van der Waals surface area contributed by atoms with Gasteiger partial charge >= 0.3 is 5.97 Å². The second kappa shape index (κ2) is 7.63. The van der Waals surface area contributed by atoms with Gasteiger partial charge in [0, 0.05) is 13.7 Å². The van der Waals surface area contributed by atoms with Gasteiger partial charge in [-0.15, -0.1) is 0 Å². The molecule has 0 amide bonds. The van der Waals surface area contributed by atoms with Crippen molar-refractivity contribution in [2.24, 2.45) is 5.92 Å². The van der Waals surface area contributed by atoms with Crippen LogP contribution < -0.4 is 0 Å². The van der Waals surface area contributed by atoms with Crippen LogP contribution in [-0.2, 0) is 14.3 Å². The minimum Gasteiger partial charge on any atom is -0.465 e. The molecule has 94 valence electrons. The van der Waals surface area contributed by atoms with Crippen LogP contribution >= 0.6 is 0 Å². The Hall–Kier alpha value is -0.610. The Morgan fingerprint density at radius 1 is 1.31 bits per heavy atom. The largest absolute Gasteiger partial charge is 0.465 e. The summed E-state index contributed by atoms with van der Waals surface area (Å²) in [5.41, 5.74) is 0. The van der Waals surface area contributed by atoms with E-state index in [0.717, 1.165) is 32.1 Å². The third-order valence-electron chi connectivity index (χ3n) is 2.97. The third kappa shape index (κ3) is 4.94. The molecule has 0 spiro atoms. The van der Waals surface area contributed by atoms with Crippen LogP contribution in [0.2, 0.25) is 0 Å². The fourth-order valence-electron chi connectivity index (χ4n) is 2.02. The average molecular weight is 230 g/mol. The molecule has 0 heterocycles. The summed E-state index contributed by atoms with van der Waals surface area (Å²) in [5.74, 6) is -0.234. The molecule has 2 unspecified atom stereocenters. The first kappa shape index (κ1) is 13.5. The maximum absolute atomic E-state index is 11.6. The van der Waals surface area contributed by atoms with Crippen molar-refractivity contribution in [3.8, 4) is 0 Å². The summed E-state index contributed by atoms with van der Waals surface area (Å²) in [7, 11) is 1.66. The molecule has 1 aliphatic rings. The van der Waals surface area contributed by atoms with E-state index in [0.29, 0.717) is 19.6 Å². The smallest absolute Gasteiger partial charge is 0.309 e. The monoisotopic (exact) mass is 230 g/mol. The molecule has 16 heavy (non-hydrogen) atoms. The Kier molecular flexibility index (Phi) is 6.42. The zero-order valence-corrected chi connectivity index (χ0v) is 9.98. The summed E-state index contributed by atoms with van der Waals surface area (Å²) in [6.07, 6.45) is 4.60. The van der Waals surface area contributed by atoms with Crippen LogP contribution in [0.3, 0.4) is 0 Å². The van der Waals surface area contributed by atoms with E-state index in [9.17, 15) is 9.90 Å². The van der Waals surface area contributed by atoms with Crippen molar-refractivity contribution in [3.63, 3.8) is 0 Å². The van der Waals surface area contributed by atoms with Crippen molar-refractivity contribution in [2.75, 3.05) is 20.3 Å². The van der Waals surface area contributed by atoms with E-state index in [1.165, 1.54) is 0 Å². The standard InChI is InChI=1S/C12H22O4/c1-15-7-2-3-8-16-12(14)10-5-4-6-11(13)9-10/h10-11,13H,2-9H2,1H3. The van der Waals surface area contributed by atoms with Crippen molar-refractivity contribution in [1.82, 2.24) is 0 Å². The normalized spacial score (nSPS) is 25.4. The van der Waals surface area contributed by atoms with Crippen molar-refractivity contribution >= 4 is 5.97 Å². The Morgan fingerprint density at radius 2 is 2.06 bits per heavy atom. The zero-order chi connectivity index (χ0) is 11.8. The van der Waals surface area contributed by atoms with Gasteiger partial charge in [0.2, 0.25) is 0 Å². The quantitative estimate of drug-likeness (QED) is 0.555. The van der Waals surface area contributed by atoms with Crippen LogP contribution in [0.4, 0.5) is 0 Å². The minimum atomic E-state index is -0.320. The predicted octanol–water partition coefficient (Wildman–Crippen LogP) is 1.51. The van der Waals surface area contributed by atoms with Gasteiger partial charge in [0.05, 0.1) is 18.6 Å². The van der Waals surface area contributed by atoms with Gasteiger partial charge in [0.1, 0.15) is 0 Å². The number of rotatable bonds is 6. The molecular weight excluding hydrogens is 208 g/mol. The van der Waals surface area contributed by atoms with Crippen LogP contribution in [0.15, 0.2) is 0 Å². The number of hydrogen-bond donors (Lipinski definition) is 1. The molecule has 0 bridgehead atoms. The molecule has 1 fully saturated rings. The fourth-order valence-corrected chi connectivity index (χ4v) is 2.02. The van der Waals surface area contributed by atoms with Gasteiger partial charge in [-0.2, -0.15) is 0 Å². The summed E-state index contributed by atoms with van der Waals surface area (Å²) in [6, 6.07) is 0. The first-order chi connectivity index (χ1) is 7.74. The number of methoxy groups -OCH3 is 1. The summed E-state index contributed by atoms with van der Waals surface area (Å²) < 4.78 is 10.1. The maximum Gasteiger partial charge on any atom is 0.309 e. The van der Waals surface area contributed by atoms with Gasteiger partial charge in [0.15, 0.2) is 0 Å². The average Bonchev–Trinajstić information content (AvgIpc) is 2.28. The lowest BCUT2D eigenvalue weighted by molar-refractivity contribution is -0.151. The third-order valence-corrected chi connectivity index (χ3v) is 2.97.